The number of hydrogen-bond acceptors (Lipinski definition) is 6. The summed E-state index contributed by atoms with van der Waals surface area (Å²) in [4.78, 5) is 16.7. The molecule has 1 aliphatic rings. The highest BCUT2D eigenvalue weighted by molar-refractivity contribution is 8.14. The summed E-state index contributed by atoms with van der Waals surface area (Å²) >= 11 is 2.85. The number of amides is 1. The Kier molecular flexibility index (Phi) is 5.37. The molecule has 27 heavy (non-hydrogen) atoms. The van der Waals surface area contributed by atoms with Gasteiger partial charge in [0.15, 0.2) is 0 Å². The van der Waals surface area contributed by atoms with Gasteiger partial charge in [0.1, 0.15) is 5.01 Å². The topological polar surface area (TPSA) is 59.5 Å². The second-order valence-corrected chi connectivity index (χ2v) is 10.5. The Morgan fingerprint density at radius 2 is 1.96 bits per heavy atom. The molecule has 1 unspecified atom stereocenters. The van der Waals surface area contributed by atoms with E-state index in [9.17, 15) is 9.36 Å². The van der Waals surface area contributed by atoms with E-state index in [0.29, 0.717) is 18.9 Å². The fourth-order valence-corrected chi connectivity index (χ4v) is 7.52. The van der Waals surface area contributed by atoms with Gasteiger partial charge in [0.25, 0.3) is 5.24 Å². The van der Waals surface area contributed by atoms with Gasteiger partial charge in [-0.2, -0.15) is 0 Å². The van der Waals surface area contributed by atoms with Gasteiger partial charge in [0, 0.05) is 17.9 Å². The fraction of sp³-hybridized carbons (Fsp3) is 0.263. The zero-order valence-electron chi connectivity index (χ0n) is 14.8. The number of aromatic nitrogens is 1. The smallest absolute Gasteiger partial charge is 0.303 e. The van der Waals surface area contributed by atoms with Crippen molar-refractivity contribution in [3.8, 4) is 10.6 Å². The molecule has 1 aliphatic heterocycles. The predicted octanol–water partition coefficient (Wildman–Crippen LogP) is 5.86. The minimum absolute atomic E-state index is 0.155. The lowest BCUT2D eigenvalue weighted by Crippen LogP contribution is -2.22. The first kappa shape index (κ1) is 18.7. The standard InChI is InChI=1S/C19H19N2O3PS2/c1-2-24-25(23,21-11-12-26-19(21)22)13-14-7-9-15(10-8-14)18-20-16-5-3-4-6-17(16)27-18/h3-10H,2,11-13H2,1H3. The summed E-state index contributed by atoms with van der Waals surface area (Å²) in [5.41, 5.74) is 2.91. The van der Waals surface area contributed by atoms with Crippen LogP contribution in [0.4, 0.5) is 4.79 Å². The number of rotatable bonds is 6. The van der Waals surface area contributed by atoms with Crippen molar-refractivity contribution in [3.63, 3.8) is 0 Å². The van der Waals surface area contributed by atoms with Crippen molar-refractivity contribution in [1.82, 2.24) is 9.65 Å². The number of para-hydroxylation sites is 1. The van der Waals surface area contributed by atoms with Crippen LogP contribution >= 0.6 is 30.6 Å². The van der Waals surface area contributed by atoms with Gasteiger partial charge in [-0.15, -0.1) is 11.3 Å². The van der Waals surface area contributed by atoms with E-state index in [4.69, 9.17) is 4.52 Å². The van der Waals surface area contributed by atoms with Crippen LogP contribution in [0.5, 0.6) is 0 Å². The number of nitrogens with zero attached hydrogens (tertiary/aromatic N) is 2. The minimum atomic E-state index is -3.21. The molecule has 2 heterocycles. The van der Waals surface area contributed by atoms with Gasteiger partial charge < -0.3 is 4.52 Å². The first-order valence-corrected chi connectivity index (χ1v) is 12.3. The molecule has 5 nitrogen and oxygen atoms in total. The Labute approximate surface area is 166 Å². The summed E-state index contributed by atoms with van der Waals surface area (Å²) in [5.74, 6) is 0.659. The Morgan fingerprint density at radius 1 is 1.19 bits per heavy atom. The summed E-state index contributed by atoms with van der Waals surface area (Å²) in [7, 11) is -3.21. The highest BCUT2D eigenvalue weighted by atomic mass is 32.2. The largest absolute Gasteiger partial charge is 0.313 e. The zero-order valence-corrected chi connectivity index (χ0v) is 17.4. The van der Waals surface area contributed by atoms with E-state index >= 15 is 0 Å². The highest BCUT2D eigenvalue weighted by Gasteiger charge is 2.38. The van der Waals surface area contributed by atoms with Crippen molar-refractivity contribution in [2.24, 2.45) is 0 Å². The number of carbonyl (C=O) groups is 1. The molecule has 140 valence electrons. The van der Waals surface area contributed by atoms with Crippen molar-refractivity contribution in [2.75, 3.05) is 18.9 Å². The zero-order chi connectivity index (χ0) is 18.9. The lowest BCUT2D eigenvalue weighted by molar-refractivity contribution is 0.237. The fourth-order valence-electron chi connectivity index (χ4n) is 3.04. The van der Waals surface area contributed by atoms with E-state index in [2.05, 4.69) is 11.1 Å². The minimum Gasteiger partial charge on any atom is -0.313 e. The second-order valence-electron chi connectivity index (χ2n) is 6.13. The van der Waals surface area contributed by atoms with Crippen LogP contribution in [-0.4, -0.2) is 33.8 Å². The SMILES string of the molecule is CCOP(=O)(Cc1ccc(-c2nc3ccccc3s2)cc1)N1CCSC1=O. The molecule has 1 fully saturated rings. The van der Waals surface area contributed by atoms with Crippen LogP contribution in [0.1, 0.15) is 12.5 Å². The molecule has 0 radical (unpaired) electrons. The molecule has 0 aliphatic carbocycles. The van der Waals surface area contributed by atoms with E-state index in [-0.39, 0.29) is 11.4 Å². The number of carbonyl (C=O) groups excluding carboxylic acids is 1. The van der Waals surface area contributed by atoms with Gasteiger partial charge in [-0.05, 0) is 24.6 Å². The normalized spacial score (nSPS) is 16.8. The Balaban J connectivity index is 1.57. The predicted molar refractivity (Wildman–Crippen MR) is 113 cm³/mol. The van der Waals surface area contributed by atoms with Gasteiger partial charge in [-0.25, -0.2) is 4.98 Å². The summed E-state index contributed by atoms with van der Waals surface area (Å²) in [6.07, 6.45) is 0.229. The summed E-state index contributed by atoms with van der Waals surface area (Å²) in [5, 5.41) is 0.805. The number of thiazole rings is 1. The van der Waals surface area contributed by atoms with Crippen LogP contribution in [0, 0.1) is 0 Å². The van der Waals surface area contributed by atoms with E-state index in [1.54, 1.807) is 18.3 Å². The molecule has 2 aromatic carbocycles. The number of benzene rings is 2. The third-order valence-corrected chi connectivity index (χ3v) is 8.93. The van der Waals surface area contributed by atoms with Gasteiger partial charge in [-0.3, -0.25) is 14.0 Å². The van der Waals surface area contributed by atoms with Gasteiger partial charge >= 0.3 is 7.52 Å². The van der Waals surface area contributed by atoms with Crippen LogP contribution in [0.2, 0.25) is 0 Å². The van der Waals surface area contributed by atoms with Crippen LogP contribution in [0.25, 0.3) is 20.8 Å². The monoisotopic (exact) mass is 418 g/mol. The van der Waals surface area contributed by atoms with E-state index in [0.717, 1.165) is 26.4 Å². The number of fused-ring (bicyclic) bond motifs is 1. The third-order valence-electron chi connectivity index (χ3n) is 4.32. The molecule has 1 aromatic heterocycles. The molecule has 1 amide bonds. The van der Waals surface area contributed by atoms with Gasteiger partial charge in [-0.1, -0.05) is 48.2 Å². The third kappa shape index (κ3) is 3.83. The molecule has 1 atom stereocenters. The first-order chi connectivity index (χ1) is 13.1. The van der Waals surface area contributed by atoms with Crippen molar-refractivity contribution < 1.29 is 13.9 Å². The maximum absolute atomic E-state index is 13.3. The molecule has 0 bridgehead atoms. The van der Waals surface area contributed by atoms with Crippen molar-refractivity contribution in [3.05, 3.63) is 54.1 Å². The molecule has 3 aromatic rings. The average molecular weight is 418 g/mol. The van der Waals surface area contributed by atoms with Gasteiger partial charge in [0.05, 0.1) is 23.0 Å². The van der Waals surface area contributed by atoms with Crippen LogP contribution in [0.15, 0.2) is 48.5 Å². The van der Waals surface area contributed by atoms with Crippen molar-refractivity contribution >= 4 is 46.1 Å². The average Bonchev–Trinajstić information content (AvgIpc) is 3.29. The van der Waals surface area contributed by atoms with E-state index in [1.165, 1.54) is 16.4 Å². The molecule has 4 rings (SSSR count). The van der Waals surface area contributed by atoms with Crippen LogP contribution < -0.4 is 0 Å². The molecule has 0 saturated carbocycles. The molecule has 1 saturated heterocycles. The summed E-state index contributed by atoms with van der Waals surface area (Å²) < 4.78 is 21.5. The van der Waals surface area contributed by atoms with Gasteiger partial charge in [0.2, 0.25) is 0 Å². The number of hydrogen-bond donors (Lipinski definition) is 0. The van der Waals surface area contributed by atoms with Crippen molar-refractivity contribution in [1.29, 1.82) is 0 Å². The van der Waals surface area contributed by atoms with E-state index < -0.39 is 7.52 Å². The second kappa shape index (κ2) is 7.76. The Hall–Kier alpha value is -1.66. The van der Waals surface area contributed by atoms with Crippen LogP contribution in [-0.2, 0) is 15.3 Å². The van der Waals surface area contributed by atoms with E-state index in [1.807, 2.05) is 42.5 Å². The Morgan fingerprint density at radius 3 is 2.63 bits per heavy atom. The summed E-state index contributed by atoms with van der Waals surface area (Å²) in [6, 6.07) is 15.9. The molecular weight excluding hydrogens is 399 g/mol. The molecular formula is C19H19N2O3PS2. The maximum atomic E-state index is 13.3. The summed E-state index contributed by atoms with van der Waals surface area (Å²) in [6.45, 7) is 2.59. The van der Waals surface area contributed by atoms with Crippen molar-refractivity contribution in [2.45, 2.75) is 13.1 Å². The Bertz CT molecular complexity index is 986. The molecule has 8 heteroatoms. The molecule has 0 spiro atoms. The quantitative estimate of drug-likeness (QED) is 0.469. The highest BCUT2D eigenvalue weighted by Crippen LogP contribution is 2.56. The number of thioether (sulfide) groups is 1. The van der Waals surface area contributed by atoms with Crippen LogP contribution in [0.3, 0.4) is 0 Å². The lowest BCUT2D eigenvalue weighted by atomic mass is 10.2. The first-order valence-electron chi connectivity index (χ1n) is 8.72. The maximum Gasteiger partial charge on any atom is 0.303 e. The lowest BCUT2D eigenvalue weighted by Gasteiger charge is -2.26. The molecule has 0 N–H and O–H groups in total.